The van der Waals surface area contributed by atoms with Crippen LogP contribution in [0.4, 0.5) is 0 Å². The topological polar surface area (TPSA) is 21.8 Å². The summed E-state index contributed by atoms with van der Waals surface area (Å²) < 4.78 is 10.6. The van der Waals surface area contributed by atoms with Gasteiger partial charge < -0.3 is 9.47 Å². The summed E-state index contributed by atoms with van der Waals surface area (Å²) in [6.07, 6.45) is 0.290. The number of epoxide rings is 1. The number of ether oxygens (including phenoxy) is 2. The van der Waals surface area contributed by atoms with E-state index >= 15 is 0 Å². The summed E-state index contributed by atoms with van der Waals surface area (Å²) in [5.74, 6) is 0.850. The first-order valence-corrected chi connectivity index (χ1v) is 4.64. The normalized spacial score (nSPS) is 20.0. The van der Waals surface area contributed by atoms with Gasteiger partial charge in [0.1, 0.15) is 18.5 Å². The van der Waals surface area contributed by atoms with Gasteiger partial charge in [-0.2, -0.15) is 0 Å². The fraction of sp³-hybridized carbons (Fsp3) is 0.400. The zero-order valence-corrected chi connectivity index (χ0v) is 8.17. The third-order valence-corrected chi connectivity index (χ3v) is 2.21. The molecule has 1 aromatic carbocycles. The Balaban J connectivity index is 2.03. The van der Waals surface area contributed by atoms with E-state index in [0.717, 1.165) is 17.9 Å². The van der Waals surface area contributed by atoms with Crippen LogP contribution in [-0.2, 0) is 4.74 Å². The van der Waals surface area contributed by atoms with Crippen LogP contribution in [0.25, 0.3) is 0 Å². The SMILES string of the molecule is Cc1ccc(Cl)cc1OC[C@H]1CO1. The van der Waals surface area contributed by atoms with E-state index in [1.807, 2.05) is 25.1 Å². The first kappa shape index (κ1) is 8.85. The molecule has 0 unspecified atom stereocenters. The molecule has 0 amide bonds. The second-order valence-electron chi connectivity index (χ2n) is 3.18. The van der Waals surface area contributed by atoms with Gasteiger partial charge in [0.25, 0.3) is 0 Å². The van der Waals surface area contributed by atoms with Crippen molar-refractivity contribution < 1.29 is 9.47 Å². The Hall–Kier alpha value is -0.730. The fourth-order valence-corrected chi connectivity index (χ4v) is 1.24. The molecule has 0 aromatic heterocycles. The van der Waals surface area contributed by atoms with Crippen molar-refractivity contribution >= 4 is 11.6 Å². The Morgan fingerprint density at radius 2 is 2.38 bits per heavy atom. The van der Waals surface area contributed by atoms with E-state index in [1.54, 1.807) is 0 Å². The molecule has 1 aliphatic rings. The lowest BCUT2D eigenvalue weighted by atomic mass is 10.2. The van der Waals surface area contributed by atoms with E-state index in [1.165, 1.54) is 0 Å². The summed E-state index contributed by atoms with van der Waals surface area (Å²) in [5.41, 5.74) is 1.10. The van der Waals surface area contributed by atoms with Crippen LogP contribution in [-0.4, -0.2) is 19.3 Å². The van der Waals surface area contributed by atoms with Gasteiger partial charge in [-0.25, -0.2) is 0 Å². The molecule has 1 aromatic rings. The van der Waals surface area contributed by atoms with Gasteiger partial charge in [0.2, 0.25) is 0 Å². The van der Waals surface area contributed by atoms with Crippen molar-refractivity contribution in [3.8, 4) is 5.75 Å². The summed E-state index contributed by atoms with van der Waals surface area (Å²) in [4.78, 5) is 0. The van der Waals surface area contributed by atoms with Crippen molar-refractivity contribution in [3.05, 3.63) is 28.8 Å². The van der Waals surface area contributed by atoms with E-state index < -0.39 is 0 Å². The molecule has 0 bridgehead atoms. The van der Waals surface area contributed by atoms with Crippen molar-refractivity contribution in [2.75, 3.05) is 13.2 Å². The van der Waals surface area contributed by atoms with Gasteiger partial charge in [0.15, 0.2) is 0 Å². The number of aryl methyl sites for hydroxylation is 1. The predicted octanol–water partition coefficient (Wildman–Crippen LogP) is 2.43. The highest BCUT2D eigenvalue weighted by molar-refractivity contribution is 6.30. The molecule has 0 spiro atoms. The van der Waals surface area contributed by atoms with Crippen molar-refractivity contribution in [2.24, 2.45) is 0 Å². The van der Waals surface area contributed by atoms with Crippen LogP contribution in [0.5, 0.6) is 5.75 Å². The molecule has 0 saturated carbocycles. The third-order valence-electron chi connectivity index (χ3n) is 1.98. The molecule has 0 aliphatic carbocycles. The van der Waals surface area contributed by atoms with E-state index in [-0.39, 0.29) is 0 Å². The first-order valence-electron chi connectivity index (χ1n) is 4.26. The maximum Gasteiger partial charge on any atom is 0.123 e. The minimum Gasteiger partial charge on any atom is -0.490 e. The molecule has 1 aliphatic heterocycles. The van der Waals surface area contributed by atoms with Gasteiger partial charge in [0, 0.05) is 5.02 Å². The molecule has 0 radical (unpaired) electrons. The van der Waals surface area contributed by atoms with Crippen LogP contribution >= 0.6 is 11.6 Å². The van der Waals surface area contributed by atoms with Crippen LogP contribution in [0.15, 0.2) is 18.2 Å². The molecule has 0 N–H and O–H groups in total. The van der Waals surface area contributed by atoms with Crippen molar-refractivity contribution in [3.63, 3.8) is 0 Å². The minimum atomic E-state index is 0.290. The summed E-state index contributed by atoms with van der Waals surface area (Å²) in [6.45, 7) is 3.44. The second kappa shape index (κ2) is 3.56. The van der Waals surface area contributed by atoms with Crippen LogP contribution < -0.4 is 4.74 Å². The lowest BCUT2D eigenvalue weighted by Crippen LogP contribution is -2.04. The van der Waals surface area contributed by atoms with Crippen LogP contribution in [0.1, 0.15) is 5.56 Å². The average Bonchev–Trinajstić information content (AvgIpc) is 2.90. The standard InChI is InChI=1S/C10H11ClO2/c1-7-2-3-8(11)4-10(7)13-6-9-5-12-9/h2-4,9H,5-6H2,1H3/t9-/m1/s1. The molecule has 3 heteroatoms. The average molecular weight is 199 g/mol. The number of rotatable bonds is 3. The Labute approximate surface area is 82.4 Å². The van der Waals surface area contributed by atoms with Gasteiger partial charge >= 0.3 is 0 Å². The highest BCUT2D eigenvalue weighted by atomic mass is 35.5. The van der Waals surface area contributed by atoms with Crippen molar-refractivity contribution in [1.29, 1.82) is 0 Å². The first-order chi connectivity index (χ1) is 6.25. The zero-order chi connectivity index (χ0) is 9.26. The van der Waals surface area contributed by atoms with Gasteiger partial charge in [0.05, 0.1) is 6.61 Å². The molecule has 1 fully saturated rings. The van der Waals surface area contributed by atoms with Gasteiger partial charge in [-0.1, -0.05) is 17.7 Å². The summed E-state index contributed by atoms with van der Waals surface area (Å²) in [7, 11) is 0. The molecular formula is C10H11ClO2. The summed E-state index contributed by atoms with van der Waals surface area (Å²) >= 11 is 5.84. The highest BCUT2D eigenvalue weighted by Crippen LogP contribution is 2.23. The molecule has 70 valence electrons. The Morgan fingerprint density at radius 3 is 3.08 bits per heavy atom. The Morgan fingerprint density at radius 1 is 1.62 bits per heavy atom. The lowest BCUT2D eigenvalue weighted by Gasteiger charge is -2.07. The smallest absolute Gasteiger partial charge is 0.123 e. The number of hydrogen-bond donors (Lipinski definition) is 0. The van der Waals surface area contributed by atoms with Crippen molar-refractivity contribution in [2.45, 2.75) is 13.0 Å². The summed E-state index contributed by atoms with van der Waals surface area (Å²) in [6, 6.07) is 5.64. The molecular weight excluding hydrogens is 188 g/mol. The third kappa shape index (κ3) is 2.36. The van der Waals surface area contributed by atoms with E-state index in [0.29, 0.717) is 17.7 Å². The minimum absolute atomic E-state index is 0.290. The predicted molar refractivity (Wildman–Crippen MR) is 51.4 cm³/mol. The van der Waals surface area contributed by atoms with E-state index in [9.17, 15) is 0 Å². The van der Waals surface area contributed by atoms with E-state index in [2.05, 4.69) is 0 Å². The van der Waals surface area contributed by atoms with E-state index in [4.69, 9.17) is 21.1 Å². The zero-order valence-electron chi connectivity index (χ0n) is 7.42. The van der Waals surface area contributed by atoms with Crippen LogP contribution in [0, 0.1) is 6.92 Å². The maximum atomic E-state index is 5.84. The number of halogens is 1. The molecule has 1 saturated heterocycles. The quantitative estimate of drug-likeness (QED) is 0.696. The number of hydrogen-bond acceptors (Lipinski definition) is 2. The van der Waals surface area contributed by atoms with Gasteiger partial charge in [-0.15, -0.1) is 0 Å². The monoisotopic (exact) mass is 198 g/mol. The largest absolute Gasteiger partial charge is 0.490 e. The number of benzene rings is 1. The van der Waals surface area contributed by atoms with Gasteiger partial charge in [-0.3, -0.25) is 0 Å². The fourth-order valence-electron chi connectivity index (χ4n) is 1.08. The highest BCUT2D eigenvalue weighted by Gasteiger charge is 2.23. The Bertz CT molecular complexity index is 308. The van der Waals surface area contributed by atoms with Gasteiger partial charge in [-0.05, 0) is 24.6 Å². The molecule has 2 rings (SSSR count). The van der Waals surface area contributed by atoms with Crippen LogP contribution in [0.3, 0.4) is 0 Å². The summed E-state index contributed by atoms with van der Waals surface area (Å²) in [5, 5.41) is 0.706. The lowest BCUT2D eigenvalue weighted by molar-refractivity contribution is 0.262. The molecule has 1 atom stereocenters. The molecule has 2 nitrogen and oxygen atoms in total. The molecule has 1 heterocycles. The van der Waals surface area contributed by atoms with Crippen molar-refractivity contribution in [1.82, 2.24) is 0 Å². The maximum absolute atomic E-state index is 5.84. The Kier molecular flexibility index (Phi) is 2.42. The van der Waals surface area contributed by atoms with Crippen LogP contribution in [0.2, 0.25) is 5.02 Å². The molecule has 13 heavy (non-hydrogen) atoms. The second-order valence-corrected chi connectivity index (χ2v) is 3.61.